The molecule has 0 aromatic heterocycles. The third kappa shape index (κ3) is 3.98. The summed E-state index contributed by atoms with van der Waals surface area (Å²) >= 11 is 11.9. The smallest absolute Gasteiger partial charge is 0.216 e. The van der Waals surface area contributed by atoms with Gasteiger partial charge < -0.3 is 10.6 Å². The van der Waals surface area contributed by atoms with E-state index < -0.39 is 0 Å². The topological polar surface area (TPSA) is 41.1 Å². The second-order valence-electron chi connectivity index (χ2n) is 3.01. The van der Waals surface area contributed by atoms with Gasteiger partial charge in [0.1, 0.15) is 0 Å². The molecule has 0 bridgehead atoms. The normalized spacial score (nSPS) is 9.80. The summed E-state index contributed by atoms with van der Waals surface area (Å²) < 4.78 is 0. The van der Waals surface area contributed by atoms with E-state index in [1.165, 1.54) is 6.92 Å². The van der Waals surface area contributed by atoms with Crippen molar-refractivity contribution < 1.29 is 4.79 Å². The van der Waals surface area contributed by atoms with Crippen LogP contribution in [-0.4, -0.2) is 19.0 Å². The number of amides is 1. The van der Waals surface area contributed by atoms with Gasteiger partial charge >= 0.3 is 0 Å². The molecule has 0 spiro atoms. The number of rotatable bonds is 4. The SMILES string of the molecule is CC(=O)NCCNc1c(Cl)cccc1Cl. The first kappa shape index (κ1) is 12.1. The van der Waals surface area contributed by atoms with Crippen molar-refractivity contribution in [3.05, 3.63) is 28.2 Å². The summed E-state index contributed by atoms with van der Waals surface area (Å²) in [6, 6.07) is 5.30. The summed E-state index contributed by atoms with van der Waals surface area (Å²) in [5.41, 5.74) is 0.700. The lowest BCUT2D eigenvalue weighted by Crippen LogP contribution is -2.26. The lowest BCUT2D eigenvalue weighted by Gasteiger charge is -2.10. The van der Waals surface area contributed by atoms with Gasteiger partial charge in [0.15, 0.2) is 0 Å². The van der Waals surface area contributed by atoms with E-state index in [0.717, 1.165) is 0 Å². The predicted molar refractivity (Wildman–Crippen MR) is 63.6 cm³/mol. The molecule has 2 N–H and O–H groups in total. The minimum atomic E-state index is -0.0537. The van der Waals surface area contributed by atoms with Gasteiger partial charge in [0.25, 0.3) is 0 Å². The van der Waals surface area contributed by atoms with E-state index in [9.17, 15) is 4.79 Å². The molecule has 0 aliphatic rings. The van der Waals surface area contributed by atoms with Gasteiger partial charge in [-0.2, -0.15) is 0 Å². The number of halogens is 2. The Morgan fingerprint density at radius 1 is 1.27 bits per heavy atom. The number of nitrogens with one attached hydrogen (secondary N) is 2. The van der Waals surface area contributed by atoms with Crippen molar-refractivity contribution in [2.75, 3.05) is 18.4 Å². The molecule has 1 aromatic carbocycles. The molecule has 0 radical (unpaired) electrons. The quantitative estimate of drug-likeness (QED) is 0.803. The Morgan fingerprint density at radius 2 is 1.87 bits per heavy atom. The zero-order valence-electron chi connectivity index (χ0n) is 8.31. The number of anilines is 1. The summed E-state index contributed by atoms with van der Waals surface area (Å²) in [7, 11) is 0. The van der Waals surface area contributed by atoms with Crippen molar-refractivity contribution in [3.8, 4) is 0 Å². The Bertz CT molecular complexity index is 335. The van der Waals surface area contributed by atoms with Crippen molar-refractivity contribution >= 4 is 34.8 Å². The van der Waals surface area contributed by atoms with Crippen LogP contribution < -0.4 is 10.6 Å². The molecule has 0 aliphatic heterocycles. The molecule has 0 saturated heterocycles. The van der Waals surface area contributed by atoms with E-state index in [1.807, 2.05) is 0 Å². The van der Waals surface area contributed by atoms with E-state index >= 15 is 0 Å². The van der Waals surface area contributed by atoms with Gasteiger partial charge in [0.2, 0.25) is 5.91 Å². The third-order valence-electron chi connectivity index (χ3n) is 1.76. The van der Waals surface area contributed by atoms with Gasteiger partial charge in [-0.05, 0) is 12.1 Å². The van der Waals surface area contributed by atoms with Crippen LogP contribution in [0.5, 0.6) is 0 Å². The second kappa shape index (κ2) is 5.83. The number of carbonyl (C=O) groups excluding carboxylic acids is 1. The van der Waals surface area contributed by atoms with Crippen LogP contribution in [0.3, 0.4) is 0 Å². The first-order chi connectivity index (χ1) is 7.11. The fourth-order valence-corrected chi connectivity index (χ4v) is 1.62. The van der Waals surface area contributed by atoms with Crippen LogP contribution in [0, 0.1) is 0 Å². The van der Waals surface area contributed by atoms with Crippen LogP contribution in [0.25, 0.3) is 0 Å². The summed E-state index contributed by atoms with van der Waals surface area (Å²) in [6.07, 6.45) is 0. The van der Waals surface area contributed by atoms with Gasteiger partial charge in [0.05, 0.1) is 15.7 Å². The van der Waals surface area contributed by atoms with Crippen molar-refractivity contribution in [2.45, 2.75) is 6.92 Å². The van der Waals surface area contributed by atoms with Crippen LogP contribution in [0.15, 0.2) is 18.2 Å². The molecule has 0 saturated carbocycles. The molecule has 0 aliphatic carbocycles. The van der Waals surface area contributed by atoms with Crippen LogP contribution in [0.4, 0.5) is 5.69 Å². The predicted octanol–water partition coefficient (Wildman–Crippen LogP) is 2.54. The van der Waals surface area contributed by atoms with Crippen LogP contribution in [0.1, 0.15) is 6.92 Å². The standard InChI is InChI=1S/C10H12Cl2N2O/c1-7(15)13-5-6-14-10-8(11)3-2-4-9(10)12/h2-4,14H,5-6H2,1H3,(H,13,15). The average Bonchev–Trinajstić information content (AvgIpc) is 2.15. The third-order valence-corrected chi connectivity index (χ3v) is 2.39. The summed E-state index contributed by atoms with van der Waals surface area (Å²) in [4.78, 5) is 10.6. The van der Waals surface area contributed by atoms with Gasteiger partial charge in [-0.3, -0.25) is 4.79 Å². The highest BCUT2D eigenvalue weighted by atomic mass is 35.5. The maximum atomic E-state index is 10.6. The Labute approximate surface area is 98.8 Å². The molecule has 82 valence electrons. The lowest BCUT2D eigenvalue weighted by atomic mass is 10.3. The van der Waals surface area contributed by atoms with Crippen molar-refractivity contribution in [2.24, 2.45) is 0 Å². The summed E-state index contributed by atoms with van der Waals surface area (Å²) in [5.74, 6) is -0.0537. The Balaban J connectivity index is 2.47. The van der Waals surface area contributed by atoms with E-state index in [0.29, 0.717) is 28.8 Å². The molecule has 1 aromatic rings. The zero-order valence-corrected chi connectivity index (χ0v) is 9.82. The molecule has 0 unspecified atom stereocenters. The highest BCUT2D eigenvalue weighted by Gasteiger charge is 2.03. The molecule has 0 heterocycles. The highest BCUT2D eigenvalue weighted by molar-refractivity contribution is 6.39. The maximum Gasteiger partial charge on any atom is 0.216 e. The Kier molecular flexibility index (Phi) is 4.72. The largest absolute Gasteiger partial charge is 0.381 e. The number of hydrogen-bond acceptors (Lipinski definition) is 2. The van der Waals surface area contributed by atoms with Crippen LogP contribution >= 0.6 is 23.2 Å². The molecule has 15 heavy (non-hydrogen) atoms. The van der Waals surface area contributed by atoms with Crippen molar-refractivity contribution in [1.82, 2.24) is 5.32 Å². The number of hydrogen-bond donors (Lipinski definition) is 2. The molecule has 1 amide bonds. The second-order valence-corrected chi connectivity index (χ2v) is 3.82. The molecule has 0 fully saturated rings. The summed E-state index contributed by atoms with van der Waals surface area (Å²) in [5, 5.41) is 6.87. The van der Waals surface area contributed by atoms with Crippen molar-refractivity contribution in [3.63, 3.8) is 0 Å². The van der Waals surface area contributed by atoms with Crippen molar-refractivity contribution in [1.29, 1.82) is 0 Å². The molecular formula is C10H12Cl2N2O. The Morgan fingerprint density at radius 3 is 2.40 bits per heavy atom. The first-order valence-corrected chi connectivity index (χ1v) is 5.29. The van der Waals surface area contributed by atoms with E-state index in [2.05, 4.69) is 10.6 Å². The minimum Gasteiger partial charge on any atom is -0.381 e. The van der Waals surface area contributed by atoms with E-state index in [1.54, 1.807) is 18.2 Å². The maximum absolute atomic E-state index is 10.6. The lowest BCUT2D eigenvalue weighted by molar-refractivity contribution is -0.118. The van der Waals surface area contributed by atoms with Gasteiger partial charge in [0, 0.05) is 20.0 Å². The number of benzene rings is 1. The van der Waals surface area contributed by atoms with E-state index in [-0.39, 0.29) is 5.91 Å². The molecule has 0 atom stereocenters. The highest BCUT2D eigenvalue weighted by Crippen LogP contribution is 2.29. The van der Waals surface area contributed by atoms with Crippen LogP contribution in [-0.2, 0) is 4.79 Å². The molecule has 5 heteroatoms. The number of carbonyl (C=O) groups is 1. The van der Waals surface area contributed by atoms with Gasteiger partial charge in [-0.1, -0.05) is 29.3 Å². The average molecular weight is 247 g/mol. The monoisotopic (exact) mass is 246 g/mol. The fourth-order valence-electron chi connectivity index (χ4n) is 1.09. The minimum absolute atomic E-state index is 0.0537. The van der Waals surface area contributed by atoms with Gasteiger partial charge in [-0.25, -0.2) is 0 Å². The first-order valence-electron chi connectivity index (χ1n) is 4.53. The molecular weight excluding hydrogens is 235 g/mol. The Hall–Kier alpha value is -0.930. The van der Waals surface area contributed by atoms with E-state index in [4.69, 9.17) is 23.2 Å². The summed E-state index contributed by atoms with van der Waals surface area (Å²) in [6.45, 7) is 2.60. The molecule has 3 nitrogen and oxygen atoms in total. The van der Waals surface area contributed by atoms with Gasteiger partial charge in [-0.15, -0.1) is 0 Å². The van der Waals surface area contributed by atoms with Crippen LogP contribution in [0.2, 0.25) is 10.0 Å². The zero-order chi connectivity index (χ0) is 11.3. The fraction of sp³-hybridized carbons (Fsp3) is 0.300. The molecule has 1 rings (SSSR count). The number of para-hydroxylation sites is 1.